The number of hydrogen-bond acceptors (Lipinski definition) is 9. The summed E-state index contributed by atoms with van der Waals surface area (Å²) in [6, 6.07) is 4.36. The molecule has 0 aliphatic carbocycles. The first-order valence-corrected chi connectivity index (χ1v) is 10.6. The van der Waals surface area contributed by atoms with Crippen molar-refractivity contribution in [1.82, 2.24) is 14.7 Å². The van der Waals surface area contributed by atoms with E-state index in [1.807, 2.05) is 0 Å². The minimum atomic E-state index is -5.03. The molecule has 10 nitrogen and oxygen atoms in total. The Morgan fingerprint density at radius 2 is 1.64 bits per heavy atom. The van der Waals surface area contributed by atoms with Gasteiger partial charge in [-0.25, -0.2) is 23.1 Å². The Kier molecular flexibility index (Phi) is 6.69. The highest BCUT2D eigenvalue weighted by molar-refractivity contribution is 7.89. The van der Waals surface area contributed by atoms with Crippen LogP contribution in [0.3, 0.4) is 0 Å². The predicted octanol–water partition coefficient (Wildman–Crippen LogP) is 3.21. The molecule has 0 aliphatic rings. The van der Waals surface area contributed by atoms with Crippen LogP contribution >= 0.6 is 0 Å². The summed E-state index contributed by atoms with van der Waals surface area (Å²) in [4.78, 5) is 7.94. The number of halogens is 3. The Hall–Kier alpha value is -3.52. The van der Waals surface area contributed by atoms with Crippen LogP contribution in [0.15, 0.2) is 35.5 Å². The molecule has 0 atom stereocenters. The number of aromatic nitrogens is 2. The zero-order valence-electron chi connectivity index (χ0n) is 17.8. The number of anilines is 2. The Balaban J connectivity index is 2.25. The van der Waals surface area contributed by atoms with Gasteiger partial charge in [0, 0.05) is 6.07 Å². The van der Waals surface area contributed by atoms with E-state index in [1.165, 1.54) is 34.4 Å². The molecule has 33 heavy (non-hydrogen) atoms. The fourth-order valence-electron chi connectivity index (χ4n) is 3.02. The van der Waals surface area contributed by atoms with E-state index in [0.29, 0.717) is 11.3 Å². The molecule has 0 bridgehead atoms. The summed E-state index contributed by atoms with van der Waals surface area (Å²) in [6.45, 7) is 0. The van der Waals surface area contributed by atoms with Gasteiger partial charge in [0.1, 0.15) is 12.1 Å². The molecule has 3 aromatic rings. The number of alkyl halides is 3. The molecule has 0 radical (unpaired) electrons. The van der Waals surface area contributed by atoms with E-state index in [0.717, 1.165) is 24.5 Å². The second kappa shape index (κ2) is 9.15. The van der Waals surface area contributed by atoms with Crippen LogP contribution in [0.1, 0.15) is 0 Å². The highest BCUT2D eigenvalue weighted by atomic mass is 32.2. The first kappa shape index (κ1) is 24.1. The second-order valence-electron chi connectivity index (χ2n) is 6.30. The van der Waals surface area contributed by atoms with Crippen molar-refractivity contribution in [1.29, 1.82) is 0 Å². The number of benzene rings is 2. The lowest BCUT2D eigenvalue weighted by Gasteiger charge is -2.18. The average molecular weight is 488 g/mol. The highest BCUT2D eigenvalue weighted by Crippen LogP contribution is 2.46. The van der Waals surface area contributed by atoms with Gasteiger partial charge >= 0.3 is 6.36 Å². The lowest BCUT2D eigenvalue weighted by molar-refractivity contribution is -0.274. The molecule has 2 aromatic carbocycles. The summed E-state index contributed by atoms with van der Waals surface area (Å²) >= 11 is 0. The van der Waals surface area contributed by atoms with E-state index in [2.05, 4.69) is 24.7 Å². The summed E-state index contributed by atoms with van der Waals surface area (Å²) in [6.07, 6.45) is -3.86. The molecule has 0 amide bonds. The minimum Gasteiger partial charge on any atom is -0.493 e. The Morgan fingerprint density at radius 3 is 2.21 bits per heavy atom. The standard InChI is InChI=1S/C19H19F3N4O6S/c1-23-33(27,28)10-5-6-13(32-19(20,21)22)11(7-10)26-18-15-12(24-9-25-18)8-14(29-2)16(30-3)17(15)31-4/h5-9,23H,1-4H3,(H,24,25,26). The van der Waals surface area contributed by atoms with E-state index in [9.17, 15) is 21.6 Å². The maximum atomic E-state index is 13.0. The zero-order valence-corrected chi connectivity index (χ0v) is 18.6. The van der Waals surface area contributed by atoms with E-state index < -0.39 is 22.1 Å². The number of sulfonamides is 1. The maximum Gasteiger partial charge on any atom is 0.573 e. The van der Waals surface area contributed by atoms with Crippen molar-refractivity contribution in [3.05, 3.63) is 30.6 Å². The van der Waals surface area contributed by atoms with Crippen LogP contribution in [0.25, 0.3) is 10.9 Å². The van der Waals surface area contributed by atoms with Gasteiger partial charge in [-0.1, -0.05) is 0 Å². The van der Waals surface area contributed by atoms with Crippen molar-refractivity contribution in [2.24, 2.45) is 0 Å². The first-order chi connectivity index (χ1) is 15.5. The fourth-order valence-corrected chi connectivity index (χ4v) is 3.77. The quantitative estimate of drug-likeness (QED) is 0.492. The number of hydrogen-bond donors (Lipinski definition) is 2. The van der Waals surface area contributed by atoms with Gasteiger partial charge in [0.15, 0.2) is 17.2 Å². The fraction of sp³-hybridized carbons (Fsp3) is 0.263. The Morgan fingerprint density at radius 1 is 0.939 bits per heavy atom. The molecule has 0 fully saturated rings. The van der Waals surface area contributed by atoms with Crippen molar-refractivity contribution in [2.45, 2.75) is 11.3 Å². The molecule has 14 heteroatoms. The molecule has 0 saturated heterocycles. The molecule has 0 aliphatic heterocycles. The number of ether oxygens (including phenoxy) is 4. The molecule has 3 rings (SSSR count). The van der Waals surface area contributed by atoms with Gasteiger partial charge in [-0.05, 0) is 25.2 Å². The third-order valence-corrected chi connectivity index (χ3v) is 5.85. The summed E-state index contributed by atoms with van der Waals surface area (Å²) in [5, 5.41) is 2.94. The maximum absolute atomic E-state index is 13.0. The third-order valence-electron chi connectivity index (χ3n) is 4.44. The molecule has 0 spiro atoms. The second-order valence-corrected chi connectivity index (χ2v) is 8.19. The van der Waals surface area contributed by atoms with Crippen LogP contribution in [0.2, 0.25) is 0 Å². The molecular weight excluding hydrogens is 469 g/mol. The Labute approximate surface area is 186 Å². The summed E-state index contributed by atoms with van der Waals surface area (Å²) in [5.41, 5.74) is -0.000205. The Bertz CT molecular complexity index is 1280. The lowest BCUT2D eigenvalue weighted by atomic mass is 10.1. The predicted molar refractivity (Wildman–Crippen MR) is 112 cm³/mol. The zero-order chi connectivity index (χ0) is 24.4. The summed E-state index contributed by atoms with van der Waals surface area (Å²) in [7, 11) is 1.35. The molecule has 178 valence electrons. The smallest absolute Gasteiger partial charge is 0.493 e. The van der Waals surface area contributed by atoms with Gasteiger partial charge < -0.3 is 24.3 Å². The van der Waals surface area contributed by atoms with Crippen molar-refractivity contribution < 1.29 is 40.5 Å². The average Bonchev–Trinajstić information content (AvgIpc) is 2.77. The number of nitrogens with one attached hydrogen (secondary N) is 2. The van der Waals surface area contributed by atoms with Gasteiger partial charge in [-0.3, -0.25) is 0 Å². The molecule has 1 aromatic heterocycles. The van der Waals surface area contributed by atoms with Gasteiger partial charge in [-0.15, -0.1) is 13.2 Å². The van der Waals surface area contributed by atoms with Crippen molar-refractivity contribution >= 4 is 32.4 Å². The van der Waals surface area contributed by atoms with Gasteiger partial charge in [0.25, 0.3) is 0 Å². The number of nitrogens with zero attached hydrogens (tertiary/aromatic N) is 2. The van der Waals surface area contributed by atoms with E-state index in [4.69, 9.17) is 14.2 Å². The molecular formula is C19H19F3N4O6S. The minimum absolute atomic E-state index is 0.00355. The van der Waals surface area contributed by atoms with Crippen molar-refractivity contribution in [3.63, 3.8) is 0 Å². The van der Waals surface area contributed by atoms with Crippen LogP contribution < -0.4 is 29.0 Å². The van der Waals surface area contributed by atoms with E-state index in [-0.39, 0.29) is 33.3 Å². The number of fused-ring (bicyclic) bond motifs is 1. The van der Waals surface area contributed by atoms with Crippen molar-refractivity contribution in [2.75, 3.05) is 33.7 Å². The monoisotopic (exact) mass is 488 g/mol. The molecule has 2 N–H and O–H groups in total. The SMILES string of the molecule is CNS(=O)(=O)c1ccc(OC(F)(F)F)c(Nc2ncnc3cc(OC)c(OC)c(OC)c23)c1. The topological polar surface area (TPSA) is 121 Å². The van der Waals surface area contributed by atoms with Crippen LogP contribution in [0, 0.1) is 0 Å². The highest BCUT2D eigenvalue weighted by Gasteiger charge is 2.33. The van der Waals surface area contributed by atoms with Crippen molar-refractivity contribution in [3.8, 4) is 23.0 Å². The van der Waals surface area contributed by atoms with E-state index in [1.54, 1.807) is 0 Å². The summed E-state index contributed by atoms with van der Waals surface area (Å²) < 4.78 is 85.5. The largest absolute Gasteiger partial charge is 0.573 e. The van der Waals surface area contributed by atoms with Gasteiger partial charge in [-0.2, -0.15) is 0 Å². The number of methoxy groups -OCH3 is 3. The van der Waals surface area contributed by atoms with Crippen LogP contribution in [-0.2, 0) is 10.0 Å². The van der Waals surface area contributed by atoms with Crippen LogP contribution in [-0.4, -0.2) is 53.1 Å². The van der Waals surface area contributed by atoms with Crippen LogP contribution in [0.5, 0.6) is 23.0 Å². The van der Waals surface area contributed by atoms with Gasteiger partial charge in [0.2, 0.25) is 15.8 Å². The summed E-state index contributed by atoms with van der Waals surface area (Å²) in [5.74, 6) is -0.0295. The van der Waals surface area contributed by atoms with Gasteiger partial charge in [0.05, 0.1) is 42.8 Å². The van der Waals surface area contributed by atoms with E-state index >= 15 is 0 Å². The normalized spacial score (nSPS) is 11.8. The molecule has 0 saturated carbocycles. The number of rotatable bonds is 8. The lowest BCUT2D eigenvalue weighted by Crippen LogP contribution is -2.20. The molecule has 0 unspecified atom stereocenters. The van der Waals surface area contributed by atoms with Crippen LogP contribution in [0.4, 0.5) is 24.7 Å². The molecule has 1 heterocycles. The third kappa shape index (κ3) is 4.96. The first-order valence-electron chi connectivity index (χ1n) is 9.08.